The van der Waals surface area contributed by atoms with E-state index in [1.54, 1.807) is 0 Å². The maximum Gasteiger partial charge on any atom is 0.164 e. The van der Waals surface area contributed by atoms with Crippen molar-refractivity contribution in [1.29, 1.82) is 0 Å². The second kappa shape index (κ2) is 13.5. The molecule has 0 saturated carbocycles. The molecule has 4 aromatic heterocycles. The number of hydrogen-bond acceptors (Lipinski definition) is 4. The quantitative estimate of drug-likeness (QED) is 0.174. The van der Waals surface area contributed by atoms with Crippen LogP contribution < -0.4 is 0 Å². The SMILES string of the molecule is c1ccc(-c2nc(-c3ccc4ccccc4c3)nc(-c3cccc4cc(-n5c6ccccc6c6cc7c8c9ccccc9ccc8n(-c8ccccn8)c7cc65)ccc34)n2)cc1. The fraction of sp³-hybridized carbons (Fsp3) is 0. The van der Waals surface area contributed by atoms with Gasteiger partial charge in [0.25, 0.3) is 0 Å². The third-order valence-electron chi connectivity index (χ3n) is 12.4. The molecule has 13 rings (SSSR count). The van der Waals surface area contributed by atoms with E-state index in [9.17, 15) is 0 Å². The summed E-state index contributed by atoms with van der Waals surface area (Å²) in [6, 6.07) is 70.8. The monoisotopic (exact) mass is 790 g/mol. The van der Waals surface area contributed by atoms with Crippen LogP contribution in [0, 0.1) is 0 Å². The summed E-state index contributed by atoms with van der Waals surface area (Å²) in [7, 11) is 0. The minimum Gasteiger partial charge on any atom is -0.309 e. The Hall–Kier alpha value is -8.48. The molecule has 0 aliphatic heterocycles. The van der Waals surface area contributed by atoms with Crippen molar-refractivity contribution in [3.05, 3.63) is 206 Å². The fourth-order valence-corrected chi connectivity index (χ4v) is 9.53. The van der Waals surface area contributed by atoms with Gasteiger partial charge >= 0.3 is 0 Å². The van der Waals surface area contributed by atoms with Crippen molar-refractivity contribution >= 4 is 75.9 Å². The van der Waals surface area contributed by atoms with Crippen LogP contribution in [0.4, 0.5) is 0 Å². The van der Waals surface area contributed by atoms with Gasteiger partial charge in [-0.05, 0) is 86.9 Å². The number of nitrogens with zero attached hydrogens (tertiary/aromatic N) is 6. The minimum atomic E-state index is 0.634. The van der Waals surface area contributed by atoms with Crippen molar-refractivity contribution in [1.82, 2.24) is 29.1 Å². The van der Waals surface area contributed by atoms with E-state index in [1.807, 2.05) is 30.5 Å². The van der Waals surface area contributed by atoms with Gasteiger partial charge in [0.05, 0.1) is 22.1 Å². The predicted octanol–water partition coefficient (Wildman–Crippen LogP) is 13.9. The van der Waals surface area contributed by atoms with E-state index in [0.717, 1.165) is 66.4 Å². The summed E-state index contributed by atoms with van der Waals surface area (Å²) in [6.45, 7) is 0. The first kappa shape index (κ1) is 34.4. The number of hydrogen-bond donors (Lipinski definition) is 0. The average molecular weight is 791 g/mol. The van der Waals surface area contributed by atoms with Crippen molar-refractivity contribution in [2.75, 3.05) is 0 Å². The van der Waals surface area contributed by atoms with Crippen LogP contribution in [0.5, 0.6) is 0 Å². The summed E-state index contributed by atoms with van der Waals surface area (Å²) < 4.78 is 4.72. The molecule has 6 heteroatoms. The lowest BCUT2D eigenvalue weighted by Crippen LogP contribution is -2.01. The number of aromatic nitrogens is 6. The van der Waals surface area contributed by atoms with Crippen molar-refractivity contribution in [3.8, 4) is 45.7 Å². The van der Waals surface area contributed by atoms with Gasteiger partial charge in [-0.3, -0.25) is 4.57 Å². The van der Waals surface area contributed by atoms with Crippen molar-refractivity contribution < 1.29 is 0 Å². The van der Waals surface area contributed by atoms with Gasteiger partial charge in [-0.2, -0.15) is 0 Å². The smallest absolute Gasteiger partial charge is 0.164 e. The molecule has 288 valence electrons. The summed E-state index contributed by atoms with van der Waals surface area (Å²) in [6.07, 6.45) is 1.87. The predicted molar refractivity (Wildman–Crippen MR) is 255 cm³/mol. The number of rotatable bonds is 5. The molecule has 0 atom stereocenters. The van der Waals surface area contributed by atoms with E-state index in [4.69, 9.17) is 19.9 Å². The Morgan fingerprint density at radius 3 is 1.90 bits per heavy atom. The van der Waals surface area contributed by atoms with E-state index in [1.165, 1.54) is 37.7 Å². The van der Waals surface area contributed by atoms with Crippen LogP contribution in [0.15, 0.2) is 206 Å². The van der Waals surface area contributed by atoms with Crippen molar-refractivity contribution in [2.24, 2.45) is 0 Å². The van der Waals surface area contributed by atoms with E-state index < -0.39 is 0 Å². The zero-order valence-corrected chi connectivity index (χ0v) is 33.3. The normalized spacial score (nSPS) is 11.9. The highest BCUT2D eigenvalue weighted by Gasteiger charge is 2.21. The molecule has 0 spiro atoms. The molecule has 0 bridgehead atoms. The lowest BCUT2D eigenvalue weighted by molar-refractivity contribution is 1.08. The zero-order valence-electron chi connectivity index (χ0n) is 33.3. The largest absolute Gasteiger partial charge is 0.309 e. The molecule has 0 aliphatic carbocycles. The minimum absolute atomic E-state index is 0.634. The Kier molecular flexibility index (Phi) is 7.50. The summed E-state index contributed by atoms with van der Waals surface area (Å²) in [5, 5.41) is 11.8. The number of para-hydroxylation sites is 1. The van der Waals surface area contributed by atoms with Gasteiger partial charge in [-0.15, -0.1) is 0 Å². The lowest BCUT2D eigenvalue weighted by atomic mass is 10.0. The van der Waals surface area contributed by atoms with Crippen LogP contribution in [-0.2, 0) is 0 Å². The second-order valence-electron chi connectivity index (χ2n) is 15.9. The summed E-state index contributed by atoms with van der Waals surface area (Å²) in [5.41, 5.74) is 8.44. The Morgan fingerprint density at radius 2 is 1.03 bits per heavy atom. The van der Waals surface area contributed by atoms with Crippen LogP contribution in [-0.4, -0.2) is 29.1 Å². The highest BCUT2D eigenvalue weighted by atomic mass is 15.1. The molecule has 4 heterocycles. The van der Waals surface area contributed by atoms with Crippen LogP contribution in [0.2, 0.25) is 0 Å². The summed E-state index contributed by atoms with van der Waals surface area (Å²) in [5.74, 6) is 2.80. The van der Waals surface area contributed by atoms with Crippen LogP contribution in [0.3, 0.4) is 0 Å². The molecule has 62 heavy (non-hydrogen) atoms. The topological polar surface area (TPSA) is 61.4 Å². The van der Waals surface area contributed by atoms with Crippen LogP contribution in [0.1, 0.15) is 0 Å². The van der Waals surface area contributed by atoms with E-state index in [0.29, 0.717) is 17.5 Å². The van der Waals surface area contributed by atoms with Gasteiger partial charge in [0.1, 0.15) is 5.82 Å². The Morgan fingerprint density at radius 1 is 0.323 bits per heavy atom. The van der Waals surface area contributed by atoms with E-state index in [2.05, 4.69) is 185 Å². The summed E-state index contributed by atoms with van der Waals surface area (Å²) in [4.78, 5) is 20.2. The van der Waals surface area contributed by atoms with Crippen LogP contribution in [0.25, 0.3) is 122 Å². The molecule has 9 aromatic carbocycles. The summed E-state index contributed by atoms with van der Waals surface area (Å²) >= 11 is 0. The second-order valence-corrected chi connectivity index (χ2v) is 15.9. The highest BCUT2D eigenvalue weighted by Crippen LogP contribution is 2.42. The maximum atomic E-state index is 5.17. The molecular weight excluding hydrogens is 757 g/mol. The number of benzene rings is 9. The third-order valence-corrected chi connectivity index (χ3v) is 12.4. The molecule has 0 aliphatic rings. The Balaban J connectivity index is 1.03. The molecule has 0 amide bonds. The highest BCUT2D eigenvalue weighted by molar-refractivity contribution is 6.25. The fourth-order valence-electron chi connectivity index (χ4n) is 9.53. The zero-order chi connectivity index (χ0) is 40.7. The van der Waals surface area contributed by atoms with Gasteiger partial charge in [-0.1, -0.05) is 146 Å². The molecule has 6 nitrogen and oxygen atoms in total. The van der Waals surface area contributed by atoms with Gasteiger partial charge in [0.2, 0.25) is 0 Å². The Bertz CT molecular complexity index is 3920. The maximum absolute atomic E-state index is 5.17. The average Bonchev–Trinajstić information content (AvgIpc) is 3.85. The molecular formula is C56H34N6. The first-order chi connectivity index (χ1) is 30.7. The molecule has 0 saturated heterocycles. The number of pyridine rings is 1. The molecule has 0 N–H and O–H groups in total. The van der Waals surface area contributed by atoms with Crippen molar-refractivity contribution in [3.63, 3.8) is 0 Å². The molecule has 0 fully saturated rings. The number of fused-ring (bicyclic) bond motifs is 10. The van der Waals surface area contributed by atoms with Gasteiger partial charge in [0, 0.05) is 50.1 Å². The molecule has 0 unspecified atom stereocenters. The van der Waals surface area contributed by atoms with Gasteiger partial charge in [-0.25, -0.2) is 19.9 Å². The Labute approximate surface area is 355 Å². The third kappa shape index (κ3) is 5.30. The molecule has 0 radical (unpaired) electrons. The van der Waals surface area contributed by atoms with Crippen molar-refractivity contribution in [2.45, 2.75) is 0 Å². The lowest BCUT2D eigenvalue weighted by Gasteiger charge is -2.13. The first-order valence-corrected chi connectivity index (χ1v) is 20.9. The first-order valence-electron chi connectivity index (χ1n) is 20.9. The standard InChI is InChI=1S/C56H34N6/c1-2-15-37(16-3-1)54-58-55(40-25-24-35-13-4-5-17-38(35)31-40)60-56(59-54)45-21-12-18-39-32-41(27-28-42(39)45)61-48-22-9-8-20-44(48)46-33-47-51(34-50(46)61)62(52-23-10-11-30-57-52)49-29-26-36-14-6-7-19-43(36)53(47)49/h1-34H. The molecule has 13 aromatic rings. The van der Waals surface area contributed by atoms with Gasteiger partial charge in [0.15, 0.2) is 17.5 Å². The van der Waals surface area contributed by atoms with E-state index in [-0.39, 0.29) is 0 Å². The van der Waals surface area contributed by atoms with E-state index >= 15 is 0 Å². The van der Waals surface area contributed by atoms with Gasteiger partial charge < -0.3 is 4.57 Å². The van der Waals surface area contributed by atoms with Crippen LogP contribution >= 0.6 is 0 Å².